The first-order chi connectivity index (χ1) is 8.99. The van der Waals surface area contributed by atoms with Crippen LogP contribution in [-0.4, -0.2) is 23.4 Å². The molecule has 0 atom stereocenters. The van der Waals surface area contributed by atoms with Crippen molar-refractivity contribution in [2.24, 2.45) is 5.92 Å². The highest BCUT2D eigenvalue weighted by molar-refractivity contribution is 7.80. The Morgan fingerprint density at radius 1 is 1.42 bits per heavy atom. The lowest BCUT2D eigenvalue weighted by molar-refractivity contribution is 0.0734. The Kier molecular flexibility index (Phi) is 4.56. The number of hydrogen-bond acceptors (Lipinski definition) is 2. The summed E-state index contributed by atoms with van der Waals surface area (Å²) < 4.78 is 0. The molecule has 0 heterocycles. The lowest BCUT2D eigenvalue weighted by Crippen LogP contribution is -2.35. The van der Waals surface area contributed by atoms with E-state index in [0.29, 0.717) is 12.0 Å². The number of carbonyl (C=O) groups is 1. The maximum Gasteiger partial charge on any atom is 0.254 e. The minimum Gasteiger partial charge on any atom is -0.336 e. The number of thiol groups is 1. The summed E-state index contributed by atoms with van der Waals surface area (Å²) in [7, 11) is 0. The molecule has 0 radical (unpaired) electrons. The Morgan fingerprint density at radius 3 is 2.68 bits per heavy atom. The number of aryl methyl sites for hydroxylation is 1. The summed E-state index contributed by atoms with van der Waals surface area (Å²) in [5.41, 5.74) is 1.85. The number of rotatable bonds is 5. The van der Waals surface area contributed by atoms with E-state index in [9.17, 15) is 4.79 Å². The third-order valence-electron chi connectivity index (χ3n) is 3.65. The third-order valence-corrected chi connectivity index (χ3v) is 3.93. The molecule has 0 bridgehead atoms. The Labute approximate surface area is 121 Å². The van der Waals surface area contributed by atoms with Gasteiger partial charge in [0.2, 0.25) is 0 Å². The van der Waals surface area contributed by atoms with E-state index in [-0.39, 0.29) is 5.91 Å². The summed E-state index contributed by atoms with van der Waals surface area (Å²) in [5.74, 6) is 0.808. The van der Waals surface area contributed by atoms with Gasteiger partial charge in [0.25, 0.3) is 5.91 Å². The molecular formula is C16H23NOS. The molecular weight excluding hydrogens is 254 g/mol. The fraction of sp³-hybridized carbons (Fsp3) is 0.562. The Bertz CT molecular complexity index is 466. The lowest BCUT2D eigenvalue weighted by Gasteiger charge is -2.24. The fourth-order valence-electron chi connectivity index (χ4n) is 2.23. The topological polar surface area (TPSA) is 20.3 Å². The van der Waals surface area contributed by atoms with Crippen molar-refractivity contribution in [2.45, 2.75) is 51.0 Å². The van der Waals surface area contributed by atoms with Gasteiger partial charge in [-0.2, -0.15) is 0 Å². The molecule has 1 aliphatic rings. The van der Waals surface area contributed by atoms with Gasteiger partial charge in [0.15, 0.2) is 0 Å². The zero-order valence-electron chi connectivity index (χ0n) is 12.0. The standard InChI is InChI=1S/C16H23NOS/c1-11(2)8-9-17(13-5-6-13)16(18)15-10-14(19)7-4-12(15)3/h4,7,10-11,13,19H,5-6,8-9H2,1-3H3. The smallest absolute Gasteiger partial charge is 0.254 e. The average molecular weight is 277 g/mol. The number of benzene rings is 1. The molecule has 2 rings (SSSR count). The van der Waals surface area contributed by atoms with Crippen LogP contribution < -0.4 is 0 Å². The van der Waals surface area contributed by atoms with Gasteiger partial charge < -0.3 is 4.90 Å². The van der Waals surface area contributed by atoms with Crippen LogP contribution in [0, 0.1) is 12.8 Å². The largest absolute Gasteiger partial charge is 0.336 e. The van der Waals surface area contributed by atoms with E-state index in [0.717, 1.165) is 41.8 Å². The zero-order chi connectivity index (χ0) is 14.0. The fourth-order valence-corrected chi connectivity index (χ4v) is 2.43. The molecule has 1 fully saturated rings. The molecule has 1 aliphatic carbocycles. The van der Waals surface area contributed by atoms with Crippen molar-refractivity contribution in [3.8, 4) is 0 Å². The number of hydrogen-bond donors (Lipinski definition) is 1. The number of amides is 1. The monoisotopic (exact) mass is 277 g/mol. The predicted molar refractivity (Wildman–Crippen MR) is 81.9 cm³/mol. The van der Waals surface area contributed by atoms with E-state index < -0.39 is 0 Å². The molecule has 1 aromatic carbocycles. The molecule has 0 aromatic heterocycles. The van der Waals surface area contributed by atoms with Crippen LogP contribution in [0.25, 0.3) is 0 Å². The van der Waals surface area contributed by atoms with Gasteiger partial charge in [0, 0.05) is 23.0 Å². The number of nitrogens with zero attached hydrogens (tertiary/aromatic N) is 1. The number of carbonyl (C=O) groups excluding carboxylic acids is 1. The van der Waals surface area contributed by atoms with Crippen LogP contribution in [-0.2, 0) is 0 Å². The van der Waals surface area contributed by atoms with Crippen LogP contribution in [0.3, 0.4) is 0 Å². The quantitative estimate of drug-likeness (QED) is 0.808. The van der Waals surface area contributed by atoms with Crippen LogP contribution in [0.5, 0.6) is 0 Å². The van der Waals surface area contributed by atoms with Gasteiger partial charge in [-0.25, -0.2) is 0 Å². The molecule has 0 N–H and O–H groups in total. The minimum atomic E-state index is 0.177. The molecule has 1 aromatic rings. The van der Waals surface area contributed by atoms with E-state index in [4.69, 9.17) is 0 Å². The van der Waals surface area contributed by atoms with E-state index in [1.807, 2.05) is 25.1 Å². The molecule has 0 saturated heterocycles. The summed E-state index contributed by atoms with van der Waals surface area (Å²) in [5, 5.41) is 0. The maximum atomic E-state index is 12.7. The molecule has 2 nitrogen and oxygen atoms in total. The van der Waals surface area contributed by atoms with Crippen molar-refractivity contribution in [1.82, 2.24) is 4.90 Å². The summed E-state index contributed by atoms with van der Waals surface area (Å²) in [6, 6.07) is 6.27. The second kappa shape index (κ2) is 6.00. The molecule has 19 heavy (non-hydrogen) atoms. The van der Waals surface area contributed by atoms with E-state index in [1.165, 1.54) is 0 Å². The molecule has 1 saturated carbocycles. The van der Waals surface area contributed by atoms with Gasteiger partial charge in [-0.05, 0) is 49.8 Å². The minimum absolute atomic E-state index is 0.177. The van der Waals surface area contributed by atoms with E-state index >= 15 is 0 Å². The first-order valence-electron chi connectivity index (χ1n) is 7.09. The van der Waals surface area contributed by atoms with Crippen molar-refractivity contribution in [3.05, 3.63) is 29.3 Å². The van der Waals surface area contributed by atoms with Gasteiger partial charge in [0.1, 0.15) is 0 Å². The second-order valence-corrected chi connectivity index (χ2v) is 6.43. The van der Waals surface area contributed by atoms with E-state index in [2.05, 4.69) is 31.4 Å². The van der Waals surface area contributed by atoms with Crippen LogP contribution in [0.1, 0.15) is 49.0 Å². The summed E-state index contributed by atoms with van der Waals surface area (Å²) >= 11 is 4.35. The molecule has 1 amide bonds. The van der Waals surface area contributed by atoms with Crippen molar-refractivity contribution in [3.63, 3.8) is 0 Å². The van der Waals surface area contributed by atoms with Gasteiger partial charge >= 0.3 is 0 Å². The average Bonchev–Trinajstić information content (AvgIpc) is 3.16. The highest BCUT2D eigenvalue weighted by Gasteiger charge is 2.33. The third kappa shape index (κ3) is 3.75. The maximum absolute atomic E-state index is 12.7. The summed E-state index contributed by atoms with van der Waals surface area (Å²) in [4.78, 5) is 15.6. The zero-order valence-corrected chi connectivity index (χ0v) is 12.9. The van der Waals surface area contributed by atoms with Crippen LogP contribution >= 0.6 is 12.6 Å². The highest BCUT2D eigenvalue weighted by Crippen LogP contribution is 2.29. The van der Waals surface area contributed by atoms with Crippen LogP contribution in [0.15, 0.2) is 23.1 Å². The lowest BCUT2D eigenvalue weighted by atomic mass is 10.1. The Hall–Kier alpha value is -0.960. The van der Waals surface area contributed by atoms with Crippen molar-refractivity contribution in [2.75, 3.05) is 6.54 Å². The molecule has 3 heteroatoms. The van der Waals surface area contributed by atoms with Crippen molar-refractivity contribution >= 4 is 18.5 Å². The molecule has 0 unspecified atom stereocenters. The molecule has 0 spiro atoms. The van der Waals surface area contributed by atoms with Gasteiger partial charge in [0.05, 0.1) is 0 Å². The SMILES string of the molecule is Cc1ccc(S)cc1C(=O)N(CCC(C)C)C1CC1. The molecule has 104 valence electrons. The van der Waals surface area contributed by atoms with Gasteiger partial charge in [-0.3, -0.25) is 4.79 Å². The normalized spacial score (nSPS) is 14.8. The van der Waals surface area contributed by atoms with Crippen molar-refractivity contribution in [1.29, 1.82) is 0 Å². The summed E-state index contributed by atoms with van der Waals surface area (Å²) in [6.07, 6.45) is 3.38. The predicted octanol–water partition coefficient (Wildman–Crippen LogP) is 3.93. The highest BCUT2D eigenvalue weighted by atomic mass is 32.1. The first-order valence-corrected chi connectivity index (χ1v) is 7.54. The van der Waals surface area contributed by atoms with E-state index in [1.54, 1.807) is 0 Å². The van der Waals surface area contributed by atoms with Crippen molar-refractivity contribution < 1.29 is 4.79 Å². The Morgan fingerprint density at radius 2 is 2.11 bits per heavy atom. The Balaban J connectivity index is 2.16. The van der Waals surface area contributed by atoms with Gasteiger partial charge in [-0.15, -0.1) is 12.6 Å². The van der Waals surface area contributed by atoms with Gasteiger partial charge in [-0.1, -0.05) is 19.9 Å². The van der Waals surface area contributed by atoms with Crippen LogP contribution in [0.4, 0.5) is 0 Å². The summed E-state index contributed by atoms with van der Waals surface area (Å²) in [6.45, 7) is 7.27. The second-order valence-electron chi connectivity index (χ2n) is 5.91. The van der Waals surface area contributed by atoms with Crippen LogP contribution in [0.2, 0.25) is 0 Å². The first kappa shape index (κ1) is 14.4. The molecule has 0 aliphatic heterocycles.